The monoisotopic (exact) mass is 342 g/mol. The molecule has 1 heterocycles. The minimum atomic E-state index is -0.803. The van der Waals surface area contributed by atoms with E-state index >= 15 is 0 Å². The van der Waals surface area contributed by atoms with Crippen LogP contribution in [0.25, 0.3) is 0 Å². The molecule has 2 aliphatic rings. The predicted octanol–water partition coefficient (Wildman–Crippen LogP) is 1.52. The maximum absolute atomic E-state index is 12.5. The Bertz CT molecular complexity index is 660. The summed E-state index contributed by atoms with van der Waals surface area (Å²) in [6.07, 6.45) is 5.01. The Hall–Kier alpha value is -2.63. The van der Waals surface area contributed by atoms with Gasteiger partial charge in [0.1, 0.15) is 18.4 Å². The summed E-state index contributed by atoms with van der Waals surface area (Å²) in [6.45, 7) is 2.22. The zero-order chi connectivity index (χ0) is 17.8. The highest BCUT2D eigenvalue weighted by Gasteiger charge is 2.49. The van der Waals surface area contributed by atoms with Crippen molar-refractivity contribution in [2.24, 2.45) is 11.8 Å². The number of allylic oxidation sites excluding steroid dienone is 2. The van der Waals surface area contributed by atoms with Gasteiger partial charge in [0.2, 0.25) is 17.7 Å². The van der Waals surface area contributed by atoms with Crippen LogP contribution in [0.5, 0.6) is 5.75 Å². The first-order valence-corrected chi connectivity index (χ1v) is 8.57. The number of hydrogen-bond donors (Lipinski definition) is 1. The van der Waals surface area contributed by atoms with Crippen LogP contribution in [0.3, 0.4) is 0 Å². The summed E-state index contributed by atoms with van der Waals surface area (Å²) in [4.78, 5) is 38.4. The van der Waals surface area contributed by atoms with Gasteiger partial charge in [0.05, 0.1) is 18.4 Å². The second-order valence-electron chi connectivity index (χ2n) is 6.33. The maximum atomic E-state index is 12.5. The number of imide groups is 1. The third-order valence-electron chi connectivity index (χ3n) is 4.72. The highest BCUT2D eigenvalue weighted by molar-refractivity contribution is 6.08. The van der Waals surface area contributed by atoms with Crippen molar-refractivity contribution >= 4 is 17.7 Å². The van der Waals surface area contributed by atoms with Crippen molar-refractivity contribution in [1.82, 2.24) is 10.2 Å². The van der Waals surface area contributed by atoms with Gasteiger partial charge in [0, 0.05) is 0 Å². The zero-order valence-corrected chi connectivity index (χ0v) is 14.2. The van der Waals surface area contributed by atoms with Crippen LogP contribution < -0.4 is 10.1 Å². The molecule has 1 N–H and O–H groups in total. The van der Waals surface area contributed by atoms with Crippen LogP contribution in [-0.2, 0) is 14.4 Å². The van der Waals surface area contributed by atoms with E-state index < -0.39 is 6.04 Å². The quantitative estimate of drug-likeness (QED) is 0.483. The van der Waals surface area contributed by atoms with Crippen molar-refractivity contribution < 1.29 is 19.1 Å². The number of carbonyl (C=O) groups is 3. The largest absolute Gasteiger partial charge is 0.492 e. The molecule has 1 aliphatic carbocycles. The molecule has 0 spiro atoms. The molecule has 132 valence electrons. The standard InChI is InChI=1S/C19H22N2O4/c1-13(17(22)20-11-12-25-14-7-3-2-4-8-14)21-18(23)15-9-5-6-10-16(15)19(21)24/h2-8,13,15-16H,9-12H2,1H3,(H,20,22)/t13-,15+,16+/m1/s1. The Morgan fingerprint density at radius 2 is 1.76 bits per heavy atom. The fourth-order valence-electron chi connectivity index (χ4n) is 3.33. The molecule has 6 nitrogen and oxygen atoms in total. The molecule has 0 saturated carbocycles. The van der Waals surface area contributed by atoms with E-state index in [0.29, 0.717) is 26.0 Å². The summed E-state index contributed by atoms with van der Waals surface area (Å²) in [6, 6.07) is 8.50. The van der Waals surface area contributed by atoms with Crippen molar-refractivity contribution in [3.05, 3.63) is 42.5 Å². The third-order valence-corrected chi connectivity index (χ3v) is 4.72. The van der Waals surface area contributed by atoms with Gasteiger partial charge in [-0.05, 0) is 31.9 Å². The third kappa shape index (κ3) is 3.57. The fourth-order valence-corrected chi connectivity index (χ4v) is 3.33. The van der Waals surface area contributed by atoms with E-state index in [1.807, 2.05) is 42.5 Å². The van der Waals surface area contributed by atoms with Gasteiger partial charge in [-0.15, -0.1) is 0 Å². The zero-order valence-electron chi connectivity index (χ0n) is 14.2. The number of amides is 3. The molecule has 3 rings (SSSR count). The molecule has 1 saturated heterocycles. The molecule has 6 heteroatoms. The van der Waals surface area contributed by atoms with E-state index in [9.17, 15) is 14.4 Å². The van der Waals surface area contributed by atoms with Crippen LogP contribution in [0.1, 0.15) is 19.8 Å². The van der Waals surface area contributed by atoms with Crippen LogP contribution in [-0.4, -0.2) is 41.8 Å². The second kappa shape index (κ2) is 7.51. The summed E-state index contributed by atoms with van der Waals surface area (Å²) in [5, 5.41) is 2.73. The first-order valence-electron chi connectivity index (χ1n) is 8.57. The highest BCUT2D eigenvalue weighted by atomic mass is 16.5. The number of hydrogen-bond acceptors (Lipinski definition) is 4. The number of carbonyl (C=O) groups excluding carboxylic acids is 3. The molecule has 1 aliphatic heterocycles. The molecule has 0 bridgehead atoms. The highest BCUT2D eigenvalue weighted by Crippen LogP contribution is 2.36. The number of para-hydroxylation sites is 1. The van der Waals surface area contributed by atoms with Gasteiger partial charge in [-0.2, -0.15) is 0 Å². The van der Waals surface area contributed by atoms with Gasteiger partial charge in [-0.25, -0.2) is 0 Å². The van der Waals surface area contributed by atoms with Gasteiger partial charge in [0.25, 0.3) is 0 Å². The minimum absolute atomic E-state index is 0.234. The van der Waals surface area contributed by atoms with E-state index in [2.05, 4.69) is 5.32 Å². The lowest BCUT2D eigenvalue weighted by atomic mass is 9.85. The van der Waals surface area contributed by atoms with E-state index in [0.717, 1.165) is 10.6 Å². The number of ether oxygens (including phenoxy) is 1. The first-order chi connectivity index (χ1) is 12.1. The number of likely N-dealkylation sites (tertiary alicyclic amines) is 1. The number of nitrogens with one attached hydrogen (secondary N) is 1. The number of nitrogens with zero attached hydrogens (tertiary/aromatic N) is 1. The van der Waals surface area contributed by atoms with E-state index in [1.54, 1.807) is 6.92 Å². The maximum Gasteiger partial charge on any atom is 0.243 e. The minimum Gasteiger partial charge on any atom is -0.492 e. The van der Waals surface area contributed by atoms with Gasteiger partial charge >= 0.3 is 0 Å². The summed E-state index contributed by atoms with van der Waals surface area (Å²) >= 11 is 0. The summed E-state index contributed by atoms with van der Waals surface area (Å²) < 4.78 is 5.51. The summed E-state index contributed by atoms with van der Waals surface area (Å²) in [7, 11) is 0. The smallest absolute Gasteiger partial charge is 0.243 e. The molecular weight excluding hydrogens is 320 g/mol. The molecule has 0 aromatic heterocycles. The Morgan fingerprint density at radius 3 is 2.36 bits per heavy atom. The number of benzene rings is 1. The Morgan fingerprint density at radius 1 is 1.16 bits per heavy atom. The number of rotatable bonds is 6. The summed E-state index contributed by atoms with van der Waals surface area (Å²) in [5.74, 6) is -0.704. The van der Waals surface area contributed by atoms with Crippen LogP contribution in [0, 0.1) is 11.8 Å². The van der Waals surface area contributed by atoms with E-state index in [-0.39, 0.29) is 29.6 Å². The molecule has 0 radical (unpaired) electrons. The van der Waals surface area contributed by atoms with Crippen molar-refractivity contribution in [3.8, 4) is 5.75 Å². The molecule has 0 unspecified atom stereocenters. The Labute approximate surface area is 146 Å². The molecule has 3 amide bonds. The Kier molecular flexibility index (Phi) is 5.16. The average molecular weight is 342 g/mol. The van der Waals surface area contributed by atoms with Crippen molar-refractivity contribution in [1.29, 1.82) is 0 Å². The fraction of sp³-hybridized carbons (Fsp3) is 0.421. The van der Waals surface area contributed by atoms with Gasteiger partial charge < -0.3 is 10.1 Å². The van der Waals surface area contributed by atoms with Crippen LogP contribution in [0.2, 0.25) is 0 Å². The lowest BCUT2D eigenvalue weighted by Crippen LogP contribution is -2.49. The van der Waals surface area contributed by atoms with Gasteiger partial charge in [0.15, 0.2) is 0 Å². The van der Waals surface area contributed by atoms with Crippen LogP contribution >= 0.6 is 0 Å². The predicted molar refractivity (Wildman–Crippen MR) is 91.6 cm³/mol. The molecular formula is C19H22N2O4. The van der Waals surface area contributed by atoms with Crippen molar-refractivity contribution in [2.75, 3.05) is 13.2 Å². The molecule has 1 aromatic rings. The summed E-state index contributed by atoms with van der Waals surface area (Å²) in [5.41, 5.74) is 0. The SMILES string of the molecule is C[C@H](C(=O)NCCOc1ccccc1)N1C(=O)[C@H]2CC=CC[C@@H]2C1=O. The molecule has 25 heavy (non-hydrogen) atoms. The van der Waals surface area contributed by atoms with Gasteiger partial charge in [-0.3, -0.25) is 19.3 Å². The molecule has 3 atom stereocenters. The molecule has 1 aromatic carbocycles. The normalized spacial score (nSPS) is 23.3. The second-order valence-corrected chi connectivity index (χ2v) is 6.33. The van der Waals surface area contributed by atoms with E-state index in [1.165, 1.54) is 0 Å². The van der Waals surface area contributed by atoms with E-state index in [4.69, 9.17) is 4.74 Å². The topological polar surface area (TPSA) is 75.7 Å². The Balaban J connectivity index is 1.50. The average Bonchev–Trinajstić information content (AvgIpc) is 2.90. The lowest BCUT2D eigenvalue weighted by molar-refractivity contribution is -0.147. The molecule has 1 fully saturated rings. The van der Waals surface area contributed by atoms with Crippen molar-refractivity contribution in [2.45, 2.75) is 25.8 Å². The lowest BCUT2D eigenvalue weighted by Gasteiger charge is -2.22. The van der Waals surface area contributed by atoms with Crippen LogP contribution in [0.15, 0.2) is 42.5 Å². The van der Waals surface area contributed by atoms with Gasteiger partial charge in [-0.1, -0.05) is 30.4 Å². The van der Waals surface area contributed by atoms with Crippen molar-refractivity contribution in [3.63, 3.8) is 0 Å². The van der Waals surface area contributed by atoms with Crippen LogP contribution in [0.4, 0.5) is 0 Å². The number of fused-ring (bicyclic) bond motifs is 1. The first kappa shape index (κ1) is 17.2.